The van der Waals surface area contributed by atoms with Gasteiger partial charge in [-0.25, -0.2) is 0 Å². The minimum absolute atomic E-state index is 0.323. The largest absolute Gasteiger partial charge is 0.481 e. The number of hydrogen-bond donors (Lipinski definition) is 1. The smallest absolute Gasteiger partial charge is 0.309 e. The number of unbranched alkanes of at least 4 members (excludes halogenated alkanes) is 1. The van der Waals surface area contributed by atoms with Crippen LogP contribution < -0.4 is 0 Å². The maximum absolute atomic E-state index is 10.8. The lowest BCUT2D eigenvalue weighted by atomic mass is 9.97. The molecule has 0 bridgehead atoms. The summed E-state index contributed by atoms with van der Waals surface area (Å²) >= 11 is 0. The molecule has 2 heteroatoms. The van der Waals surface area contributed by atoms with Crippen molar-refractivity contribution in [1.29, 1.82) is 0 Å². The Labute approximate surface area is 67.6 Å². The van der Waals surface area contributed by atoms with Crippen molar-refractivity contribution in [2.75, 3.05) is 0 Å². The zero-order valence-electron chi connectivity index (χ0n) is 7.26. The molecule has 0 amide bonds. The van der Waals surface area contributed by atoms with E-state index in [2.05, 4.69) is 6.92 Å². The van der Waals surface area contributed by atoms with Crippen molar-refractivity contribution in [3.8, 4) is 0 Å². The van der Waals surface area contributed by atoms with E-state index in [9.17, 15) is 4.79 Å². The summed E-state index contributed by atoms with van der Waals surface area (Å²) in [5, 5.41) is 8.90. The van der Waals surface area contributed by atoms with Crippen LogP contribution >= 0.6 is 0 Å². The normalized spacial score (nSPS) is 35.3. The van der Waals surface area contributed by atoms with Gasteiger partial charge >= 0.3 is 5.97 Å². The zero-order valence-corrected chi connectivity index (χ0v) is 7.26. The fourth-order valence-corrected chi connectivity index (χ4v) is 1.73. The molecule has 0 saturated heterocycles. The Morgan fingerprint density at radius 1 is 1.73 bits per heavy atom. The van der Waals surface area contributed by atoms with Crippen molar-refractivity contribution in [3.05, 3.63) is 0 Å². The van der Waals surface area contributed by atoms with E-state index in [0.29, 0.717) is 5.92 Å². The van der Waals surface area contributed by atoms with Gasteiger partial charge in [0, 0.05) is 0 Å². The highest BCUT2D eigenvalue weighted by molar-refractivity contribution is 5.78. The predicted molar refractivity (Wildman–Crippen MR) is 43.4 cm³/mol. The van der Waals surface area contributed by atoms with E-state index in [0.717, 1.165) is 25.7 Å². The molecule has 0 aliphatic heterocycles. The summed E-state index contributed by atoms with van der Waals surface area (Å²) in [5.74, 6) is -0.176. The van der Waals surface area contributed by atoms with Gasteiger partial charge in [0.15, 0.2) is 0 Å². The van der Waals surface area contributed by atoms with Gasteiger partial charge in [0.2, 0.25) is 0 Å². The van der Waals surface area contributed by atoms with Gasteiger partial charge in [-0.15, -0.1) is 0 Å². The van der Waals surface area contributed by atoms with Gasteiger partial charge in [-0.05, 0) is 18.8 Å². The second-order valence-corrected chi connectivity index (χ2v) is 3.67. The third-order valence-corrected chi connectivity index (χ3v) is 2.86. The molecule has 64 valence electrons. The molecule has 0 heterocycles. The van der Waals surface area contributed by atoms with E-state index in [1.54, 1.807) is 0 Å². The van der Waals surface area contributed by atoms with Crippen molar-refractivity contribution in [3.63, 3.8) is 0 Å². The number of carbonyl (C=O) groups is 1. The van der Waals surface area contributed by atoms with Gasteiger partial charge in [-0.1, -0.05) is 26.7 Å². The second kappa shape index (κ2) is 2.84. The minimum atomic E-state index is -0.585. The summed E-state index contributed by atoms with van der Waals surface area (Å²) in [6.45, 7) is 4.13. The van der Waals surface area contributed by atoms with Crippen LogP contribution in [0.5, 0.6) is 0 Å². The number of rotatable bonds is 4. The first-order valence-corrected chi connectivity index (χ1v) is 4.37. The average molecular weight is 156 g/mol. The molecule has 2 unspecified atom stereocenters. The van der Waals surface area contributed by atoms with Gasteiger partial charge in [-0.2, -0.15) is 0 Å². The molecular formula is C9H16O2. The molecule has 1 saturated carbocycles. The molecule has 1 aliphatic rings. The predicted octanol–water partition coefficient (Wildman–Crippen LogP) is 2.29. The maximum Gasteiger partial charge on any atom is 0.309 e. The molecule has 1 rings (SSSR count). The molecular weight excluding hydrogens is 140 g/mol. The summed E-state index contributed by atoms with van der Waals surface area (Å²) in [7, 11) is 0. The lowest BCUT2D eigenvalue weighted by Gasteiger charge is -2.08. The number of carboxylic acids is 1. The fraction of sp³-hybridized carbons (Fsp3) is 0.889. The lowest BCUT2D eigenvalue weighted by molar-refractivity contribution is -0.144. The highest BCUT2D eigenvalue weighted by atomic mass is 16.4. The molecule has 1 fully saturated rings. The first kappa shape index (κ1) is 8.57. The topological polar surface area (TPSA) is 37.3 Å². The summed E-state index contributed by atoms with van der Waals surface area (Å²) < 4.78 is 0. The first-order chi connectivity index (χ1) is 5.13. The Kier molecular flexibility index (Phi) is 2.21. The quantitative estimate of drug-likeness (QED) is 0.678. The summed E-state index contributed by atoms with van der Waals surface area (Å²) in [5.41, 5.74) is -0.323. The molecule has 0 aromatic heterocycles. The van der Waals surface area contributed by atoms with Crippen LogP contribution in [0.15, 0.2) is 0 Å². The third kappa shape index (κ3) is 1.39. The summed E-state index contributed by atoms with van der Waals surface area (Å²) in [6, 6.07) is 0. The van der Waals surface area contributed by atoms with Gasteiger partial charge in [0.25, 0.3) is 0 Å². The highest BCUT2D eigenvalue weighted by Gasteiger charge is 2.56. The second-order valence-electron chi connectivity index (χ2n) is 3.67. The van der Waals surface area contributed by atoms with Crippen LogP contribution in [0, 0.1) is 11.3 Å². The van der Waals surface area contributed by atoms with Gasteiger partial charge in [0.1, 0.15) is 0 Å². The van der Waals surface area contributed by atoms with E-state index in [1.807, 2.05) is 6.92 Å². The summed E-state index contributed by atoms with van der Waals surface area (Å²) in [4.78, 5) is 10.8. The van der Waals surface area contributed by atoms with Crippen LogP contribution in [0.4, 0.5) is 0 Å². The third-order valence-electron chi connectivity index (χ3n) is 2.86. The number of carboxylic acid groups (broad SMARTS) is 1. The molecule has 0 aromatic rings. The van der Waals surface area contributed by atoms with Crippen LogP contribution in [-0.2, 0) is 4.79 Å². The molecule has 0 radical (unpaired) electrons. The average Bonchev–Trinajstić information content (AvgIpc) is 2.59. The molecule has 11 heavy (non-hydrogen) atoms. The number of hydrogen-bond acceptors (Lipinski definition) is 1. The minimum Gasteiger partial charge on any atom is -0.481 e. The van der Waals surface area contributed by atoms with Crippen molar-refractivity contribution in [2.24, 2.45) is 11.3 Å². The molecule has 0 spiro atoms. The van der Waals surface area contributed by atoms with Crippen LogP contribution in [0.1, 0.15) is 39.5 Å². The standard InChI is InChI=1S/C9H16O2/c1-3-4-5-9(8(10)11)6-7(9)2/h7H,3-6H2,1-2H3,(H,10,11). The molecule has 1 N–H and O–H groups in total. The Morgan fingerprint density at radius 2 is 2.27 bits per heavy atom. The lowest BCUT2D eigenvalue weighted by Crippen LogP contribution is -2.16. The Bertz CT molecular complexity index is 165. The van der Waals surface area contributed by atoms with E-state index >= 15 is 0 Å². The Morgan fingerprint density at radius 3 is 2.55 bits per heavy atom. The molecule has 1 aliphatic carbocycles. The maximum atomic E-state index is 10.8. The summed E-state index contributed by atoms with van der Waals surface area (Å²) in [6.07, 6.45) is 3.92. The zero-order chi connectivity index (χ0) is 8.48. The van der Waals surface area contributed by atoms with Crippen molar-refractivity contribution >= 4 is 5.97 Å². The molecule has 2 atom stereocenters. The SMILES string of the molecule is CCCCC1(C(=O)O)CC1C. The number of aliphatic carboxylic acids is 1. The highest BCUT2D eigenvalue weighted by Crippen LogP contribution is 2.55. The van der Waals surface area contributed by atoms with Crippen molar-refractivity contribution < 1.29 is 9.90 Å². The molecule has 2 nitrogen and oxygen atoms in total. The van der Waals surface area contributed by atoms with E-state index in [1.165, 1.54) is 0 Å². The molecule has 0 aromatic carbocycles. The Balaban J connectivity index is 2.44. The van der Waals surface area contributed by atoms with Crippen molar-refractivity contribution in [1.82, 2.24) is 0 Å². The van der Waals surface area contributed by atoms with Crippen LogP contribution in [0.3, 0.4) is 0 Å². The fourth-order valence-electron chi connectivity index (χ4n) is 1.73. The van der Waals surface area contributed by atoms with Crippen LogP contribution in [0.2, 0.25) is 0 Å². The first-order valence-electron chi connectivity index (χ1n) is 4.37. The van der Waals surface area contributed by atoms with Gasteiger partial charge < -0.3 is 5.11 Å². The van der Waals surface area contributed by atoms with E-state index in [-0.39, 0.29) is 5.41 Å². The van der Waals surface area contributed by atoms with E-state index in [4.69, 9.17) is 5.11 Å². The van der Waals surface area contributed by atoms with Gasteiger partial charge in [0.05, 0.1) is 5.41 Å². The Hall–Kier alpha value is -0.530. The van der Waals surface area contributed by atoms with Crippen LogP contribution in [-0.4, -0.2) is 11.1 Å². The van der Waals surface area contributed by atoms with E-state index < -0.39 is 5.97 Å². The van der Waals surface area contributed by atoms with Crippen molar-refractivity contribution in [2.45, 2.75) is 39.5 Å². The van der Waals surface area contributed by atoms with Gasteiger partial charge in [-0.3, -0.25) is 4.79 Å². The monoisotopic (exact) mass is 156 g/mol. The van der Waals surface area contributed by atoms with Crippen LogP contribution in [0.25, 0.3) is 0 Å².